The maximum atomic E-state index is 12.8. The van der Waals surface area contributed by atoms with Crippen molar-refractivity contribution >= 4 is 10.8 Å². The van der Waals surface area contributed by atoms with Crippen molar-refractivity contribution in [2.45, 2.75) is 13.5 Å². The highest BCUT2D eigenvalue weighted by Gasteiger charge is 2.09. The molecule has 0 fully saturated rings. The van der Waals surface area contributed by atoms with Crippen molar-refractivity contribution in [3.8, 4) is 16.9 Å². The molecule has 2 aromatic carbocycles. The fraction of sp³-hybridized carbons (Fsp3) is 0.100. The van der Waals surface area contributed by atoms with E-state index >= 15 is 0 Å². The summed E-state index contributed by atoms with van der Waals surface area (Å²) < 4.78 is 6.63. The molecule has 0 aliphatic heterocycles. The number of phenols is 1. The van der Waals surface area contributed by atoms with E-state index in [1.807, 2.05) is 37.3 Å². The highest BCUT2D eigenvalue weighted by Crippen LogP contribution is 2.25. The molecule has 4 aromatic rings. The first-order valence-corrected chi connectivity index (χ1v) is 7.94. The van der Waals surface area contributed by atoms with Crippen LogP contribution in [-0.2, 0) is 6.54 Å². The van der Waals surface area contributed by atoms with Gasteiger partial charge in [-0.25, -0.2) is 0 Å². The lowest BCUT2D eigenvalue weighted by Crippen LogP contribution is -2.19. The van der Waals surface area contributed by atoms with Crippen LogP contribution in [0.2, 0.25) is 0 Å². The summed E-state index contributed by atoms with van der Waals surface area (Å²) in [4.78, 5) is 12.8. The summed E-state index contributed by atoms with van der Waals surface area (Å²) in [6, 6.07) is 14.6. The lowest BCUT2D eigenvalue weighted by molar-refractivity contribution is 0.415. The highest BCUT2D eigenvalue weighted by molar-refractivity contribution is 5.86. The van der Waals surface area contributed by atoms with Gasteiger partial charge in [0.1, 0.15) is 12.0 Å². The first-order valence-electron chi connectivity index (χ1n) is 7.94. The molecule has 124 valence electrons. The molecule has 5 heteroatoms. The van der Waals surface area contributed by atoms with Crippen molar-refractivity contribution < 1.29 is 9.63 Å². The van der Waals surface area contributed by atoms with Crippen LogP contribution in [0, 0.1) is 6.92 Å². The number of fused-ring (bicyclic) bond motifs is 1. The number of phenolic OH excluding ortho intramolecular Hbond substituents is 1. The number of nitrogens with zero attached hydrogens (tertiary/aromatic N) is 2. The van der Waals surface area contributed by atoms with E-state index < -0.39 is 0 Å². The van der Waals surface area contributed by atoms with E-state index in [-0.39, 0.29) is 11.3 Å². The molecular weight excluding hydrogens is 316 g/mol. The van der Waals surface area contributed by atoms with Crippen molar-refractivity contribution in [3.05, 3.63) is 82.6 Å². The number of aryl methyl sites for hydroxylation is 1. The Morgan fingerprint density at radius 3 is 2.80 bits per heavy atom. The molecule has 25 heavy (non-hydrogen) atoms. The van der Waals surface area contributed by atoms with Crippen LogP contribution < -0.4 is 5.56 Å². The van der Waals surface area contributed by atoms with E-state index in [4.69, 9.17) is 4.52 Å². The third-order valence-corrected chi connectivity index (χ3v) is 4.30. The molecule has 0 spiro atoms. The normalized spacial score (nSPS) is 11.1. The molecule has 1 N–H and O–H groups in total. The first kappa shape index (κ1) is 15.2. The summed E-state index contributed by atoms with van der Waals surface area (Å²) in [5.74, 6) is 0.195. The Morgan fingerprint density at radius 1 is 1.16 bits per heavy atom. The second kappa shape index (κ2) is 5.94. The number of aromatic nitrogens is 2. The summed E-state index contributed by atoms with van der Waals surface area (Å²) in [5.41, 5.74) is 3.52. The fourth-order valence-electron chi connectivity index (χ4n) is 3.00. The zero-order valence-electron chi connectivity index (χ0n) is 13.6. The second-order valence-electron chi connectivity index (χ2n) is 6.03. The van der Waals surface area contributed by atoms with Gasteiger partial charge in [0.2, 0.25) is 0 Å². The minimum absolute atomic E-state index is 0.0607. The average Bonchev–Trinajstić information content (AvgIpc) is 3.03. The van der Waals surface area contributed by atoms with Crippen LogP contribution in [0.4, 0.5) is 0 Å². The molecule has 0 radical (unpaired) electrons. The van der Waals surface area contributed by atoms with Crippen LogP contribution in [0.3, 0.4) is 0 Å². The standard InChI is InChI=1S/C20H16N2O3/c1-13-19(12-25-21-13)15-5-6-18-16(10-15)7-8-22(20(18)24)11-14-3-2-4-17(23)9-14/h2-10,12,23H,11H2,1H3. The van der Waals surface area contributed by atoms with Gasteiger partial charge in [-0.3, -0.25) is 4.79 Å². The molecule has 0 amide bonds. The molecule has 0 aliphatic carbocycles. The third kappa shape index (κ3) is 2.80. The molecular formula is C20H16N2O3. The maximum absolute atomic E-state index is 12.8. The zero-order valence-corrected chi connectivity index (χ0v) is 13.6. The van der Waals surface area contributed by atoms with E-state index in [0.717, 1.165) is 27.8 Å². The summed E-state index contributed by atoms with van der Waals surface area (Å²) in [6.45, 7) is 2.30. The minimum Gasteiger partial charge on any atom is -0.508 e. The quantitative estimate of drug-likeness (QED) is 0.621. The van der Waals surface area contributed by atoms with Gasteiger partial charge in [-0.05, 0) is 53.8 Å². The number of aromatic hydroxyl groups is 1. The minimum atomic E-state index is -0.0607. The molecule has 0 aliphatic rings. The van der Waals surface area contributed by atoms with E-state index in [0.29, 0.717) is 11.9 Å². The van der Waals surface area contributed by atoms with Gasteiger partial charge in [0.25, 0.3) is 5.56 Å². The Kier molecular flexibility index (Phi) is 3.61. The maximum Gasteiger partial charge on any atom is 0.258 e. The predicted octanol–water partition coefficient (Wildman–Crippen LogP) is 3.72. The van der Waals surface area contributed by atoms with Crippen molar-refractivity contribution in [1.82, 2.24) is 9.72 Å². The largest absolute Gasteiger partial charge is 0.508 e. The van der Waals surface area contributed by atoms with Crippen LogP contribution in [0.15, 0.2) is 70.3 Å². The first-order chi connectivity index (χ1) is 12.1. The molecule has 0 unspecified atom stereocenters. The Hall–Kier alpha value is -3.34. The van der Waals surface area contributed by atoms with Gasteiger partial charge in [0.15, 0.2) is 0 Å². The van der Waals surface area contributed by atoms with Crippen molar-refractivity contribution in [1.29, 1.82) is 0 Å². The second-order valence-corrected chi connectivity index (χ2v) is 6.03. The van der Waals surface area contributed by atoms with Gasteiger partial charge in [-0.1, -0.05) is 23.4 Å². The molecule has 0 atom stereocenters. The van der Waals surface area contributed by atoms with Crippen LogP contribution >= 0.6 is 0 Å². The highest BCUT2D eigenvalue weighted by atomic mass is 16.5. The molecule has 5 nitrogen and oxygen atoms in total. The summed E-state index contributed by atoms with van der Waals surface area (Å²) in [5, 5.41) is 15.0. The number of pyridine rings is 1. The lowest BCUT2D eigenvalue weighted by atomic mass is 10.0. The van der Waals surface area contributed by atoms with Crippen molar-refractivity contribution in [2.24, 2.45) is 0 Å². The summed E-state index contributed by atoms with van der Waals surface area (Å²) >= 11 is 0. The molecule has 2 heterocycles. The zero-order chi connectivity index (χ0) is 17.4. The molecule has 4 rings (SSSR count). The Bertz CT molecular complexity index is 1130. The van der Waals surface area contributed by atoms with Gasteiger partial charge in [-0.2, -0.15) is 0 Å². The molecule has 0 saturated heterocycles. The van der Waals surface area contributed by atoms with Gasteiger partial charge < -0.3 is 14.2 Å². The third-order valence-electron chi connectivity index (χ3n) is 4.30. The lowest BCUT2D eigenvalue weighted by Gasteiger charge is -2.09. The molecule has 0 saturated carbocycles. The van der Waals surface area contributed by atoms with E-state index in [1.165, 1.54) is 0 Å². The SMILES string of the molecule is Cc1nocc1-c1ccc2c(=O)n(Cc3cccc(O)c3)ccc2c1. The van der Waals surface area contributed by atoms with Crippen LogP contribution in [0.1, 0.15) is 11.3 Å². The summed E-state index contributed by atoms with van der Waals surface area (Å²) in [7, 11) is 0. The van der Waals surface area contributed by atoms with Crippen molar-refractivity contribution in [3.63, 3.8) is 0 Å². The van der Waals surface area contributed by atoms with Crippen LogP contribution in [0.25, 0.3) is 21.9 Å². The Balaban J connectivity index is 1.76. The number of benzene rings is 2. The van der Waals surface area contributed by atoms with Gasteiger partial charge in [0.05, 0.1) is 12.2 Å². The van der Waals surface area contributed by atoms with Crippen molar-refractivity contribution in [2.75, 3.05) is 0 Å². The fourth-order valence-corrected chi connectivity index (χ4v) is 3.00. The number of rotatable bonds is 3. The Morgan fingerprint density at radius 2 is 2.04 bits per heavy atom. The van der Waals surface area contributed by atoms with E-state index in [9.17, 15) is 9.90 Å². The number of hydrogen-bond acceptors (Lipinski definition) is 4. The monoisotopic (exact) mass is 332 g/mol. The number of hydrogen-bond donors (Lipinski definition) is 1. The van der Waals surface area contributed by atoms with Gasteiger partial charge in [-0.15, -0.1) is 0 Å². The van der Waals surface area contributed by atoms with E-state index in [2.05, 4.69) is 5.16 Å². The predicted molar refractivity (Wildman–Crippen MR) is 95.7 cm³/mol. The molecule has 2 aromatic heterocycles. The van der Waals surface area contributed by atoms with Gasteiger partial charge in [0, 0.05) is 17.1 Å². The van der Waals surface area contributed by atoms with E-state index in [1.54, 1.807) is 35.2 Å². The Labute approximate surface area is 143 Å². The van der Waals surface area contributed by atoms with Gasteiger partial charge >= 0.3 is 0 Å². The summed E-state index contributed by atoms with van der Waals surface area (Å²) in [6.07, 6.45) is 3.39. The smallest absolute Gasteiger partial charge is 0.258 e. The average molecular weight is 332 g/mol. The van der Waals surface area contributed by atoms with Crippen LogP contribution in [0.5, 0.6) is 5.75 Å². The van der Waals surface area contributed by atoms with Crippen LogP contribution in [-0.4, -0.2) is 14.8 Å². The molecule has 0 bridgehead atoms. The topological polar surface area (TPSA) is 68.3 Å².